The summed E-state index contributed by atoms with van der Waals surface area (Å²) in [6.45, 7) is 9.28. The molecule has 0 radical (unpaired) electrons. The second-order valence-corrected chi connectivity index (χ2v) is 9.48. The van der Waals surface area contributed by atoms with E-state index in [0.717, 1.165) is 57.0 Å². The Morgan fingerprint density at radius 2 is 2.21 bits per heavy atom. The first kappa shape index (κ1) is 17.8. The maximum absolute atomic E-state index is 11.2. The Hall–Kier alpha value is -0.960. The minimum atomic E-state index is -3.19. The van der Waals surface area contributed by atoms with Gasteiger partial charge in [0.15, 0.2) is 0 Å². The first-order chi connectivity index (χ1) is 11.2. The van der Waals surface area contributed by atoms with Crippen LogP contribution >= 0.6 is 0 Å². The normalized spacial score (nSPS) is 24.7. The van der Waals surface area contributed by atoms with Gasteiger partial charge >= 0.3 is 0 Å². The molecule has 0 bridgehead atoms. The monoisotopic (exact) mass is 356 g/mol. The van der Waals surface area contributed by atoms with Crippen molar-refractivity contribution in [1.29, 1.82) is 0 Å². The number of nitrogens with zero attached hydrogens (tertiary/aromatic N) is 3. The third kappa shape index (κ3) is 4.78. The summed E-state index contributed by atoms with van der Waals surface area (Å²) in [4.78, 5) is 2.48. The standard InChI is InChI=1S/C16H28N4O3S/c1-16(2)9-13(4-7-23-16)11-19-5-6-20-15(12-19)8-14(18-20)10-17-24(3,21)22/h8,13,17H,4-7,9-12H2,1-3H3/t13-/m0/s1. The van der Waals surface area contributed by atoms with E-state index in [1.807, 2.05) is 10.7 Å². The highest BCUT2D eigenvalue weighted by molar-refractivity contribution is 7.88. The molecule has 1 fully saturated rings. The summed E-state index contributed by atoms with van der Waals surface area (Å²) < 4.78 is 32.7. The molecule has 136 valence electrons. The molecular formula is C16H28N4O3S. The lowest BCUT2D eigenvalue weighted by molar-refractivity contribution is -0.0777. The Bertz CT molecular complexity index is 683. The first-order valence-corrected chi connectivity index (χ1v) is 10.5. The summed E-state index contributed by atoms with van der Waals surface area (Å²) >= 11 is 0. The van der Waals surface area contributed by atoms with Crippen LogP contribution in [0.3, 0.4) is 0 Å². The Morgan fingerprint density at radius 1 is 1.42 bits per heavy atom. The summed E-state index contributed by atoms with van der Waals surface area (Å²) in [5, 5.41) is 4.50. The van der Waals surface area contributed by atoms with Crippen LogP contribution in [0.5, 0.6) is 0 Å². The van der Waals surface area contributed by atoms with E-state index in [-0.39, 0.29) is 12.1 Å². The quantitative estimate of drug-likeness (QED) is 0.850. The summed E-state index contributed by atoms with van der Waals surface area (Å²) in [6.07, 6.45) is 3.40. The molecular weight excluding hydrogens is 328 g/mol. The van der Waals surface area contributed by atoms with E-state index in [9.17, 15) is 8.42 Å². The molecule has 0 amide bonds. The zero-order valence-corrected chi connectivity index (χ0v) is 15.6. The van der Waals surface area contributed by atoms with Crippen LogP contribution in [-0.4, -0.2) is 54.7 Å². The molecule has 7 nitrogen and oxygen atoms in total. The van der Waals surface area contributed by atoms with Gasteiger partial charge in [0, 0.05) is 26.2 Å². The average Bonchev–Trinajstić information content (AvgIpc) is 2.85. The number of ether oxygens (including phenoxy) is 1. The molecule has 8 heteroatoms. The molecule has 1 N–H and O–H groups in total. The molecule has 0 saturated carbocycles. The third-order valence-electron chi connectivity index (χ3n) is 4.76. The molecule has 1 saturated heterocycles. The number of hydrogen-bond donors (Lipinski definition) is 1. The number of fused-ring (bicyclic) bond motifs is 1. The van der Waals surface area contributed by atoms with Gasteiger partial charge in [-0.15, -0.1) is 0 Å². The fourth-order valence-electron chi connectivity index (χ4n) is 3.71. The first-order valence-electron chi connectivity index (χ1n) is 8.57. The molecule has 24 heavy (non-hydrogen) atoms. The zero-order valence-electron chi connectivity index (χ0n) is 14.8. The number of nitrogens with one attached hydrogen (secondary N) is 1. The van der Waals surface area contributed by atoms with Crippen LogP contribution in [0, 0.1) is 5.92 Å². The molecule has 0 aromatic carbocycles. The lowest BCUT2D eigenvalue weighted by Crippen LogP contribution is -2.42. The van der Waals surface area contributed by atoms with Crippen molar-refractivity contribution in [2.75, 3.05) is 26.0 Å². The summed E-state index contributed by atoms with van der Waals surface area (Å²) in [5.74, 6) is 0.676. The minimum absolute atomic E-state index is 0.00897. The van der Waals surface area contributed by atoms with Gasteiger partial charge in [-0.3, -0.25) is 9.58 Å². The topological polar surface area (TPSA) is 76.5 Å². The van der Waals surface area contributed by atoms with Gasteiger partial charge in [-0.25, -0.2) is 13.1 Å². The second-order valence-electron chi connectivity index (χ2n) is 7.65. The van der Waals surface area contributed by atoms with E-state index in [0.29, 0.717) is 5.92 Å². The predicted molar refractivity (Wildman–Crippen MR) is 91.9 cm³/mol. The fourth-order valence-corrected chi connectivity index (χ4v) is 4.12. The maximum Gasteiger partial charge on any atom is 0.209 e. The molecule has 3 heterocycles. The van der Waals surface area contributed by atoms with Crippen molar-refractivity contribution in [3.05, 3.63) is 17.5 Å². The third-order valence-corrected chi connectivity index (χ3v) is 5.43. The van der Waals surface area contributed by atoms with E-state index < -0.39 is 10.0 Å². The van der Waals surface area contributed by atoms with Gasteiger partial charge in [0.2, 0.25) is 10.0 Å². The van der Waals surface area contributed by atoms with Crippen molar-refractivity contribution in [2.24, 2.45) is 5.92 Å². The Balaban J connectivity index is 1.57. The van der Waals surface area contributed by atoms with E-state index in [2.05, 4.69) is 28.6 Å². The fraction of sp³-hybridized carbons (Fsp3) is 0.812. The van der Waals surface area contributed by atoms with Crippen LogP contribution in [-0.2, 0) is 34.4 Å². The average molecular weight is 356 g/mol. The number of sulfonamides is 1. The summed E-state index contributed by atoms with van der Waals surface area (Å²) in [6, 6.07) is 2.01. The van der Waals surface area contributed by atoms with Gasteiger partial charge in [0.25, 0.3) is 0 Å². The van der Waals surface area contributed by atoms with E-state index in [1.165, 1.54) is 6.26 Å². The largest absolute Gasteiger partial charge is 0.376 e. The van der Waals surface area contributed by atoms with Gasteiger partial charge in [0.05, 0.1) is 36.3 Å². The van der Waals surface area contributed by atoms with Crippen LogP contribution in [0.4, 0.5) is 0 Å². The van der Waals surface area contributed by atoms with Gasteiger partial charge in [-0.05, 0) is 38.7 Å². The number of hydrogen-bond acceptors (Lipinski definition) is 5. The Kier molecular flexibility index (Phi) is 5.01. The van der Waals surface area contributed by atoms with E-state index in [1.54, 1.807) is 0 Å². The second kappa shape index (κ2) is 6.74. The SMILES string of the molecule is CC1(C)C[C@@H](CN2CCn3nc(CNS(C)(=O)=O)cc3C2)CCO1. The van der Waals surface area contributed by atoms with Crippen molar-refractivity contribution in [3.8, 4) is 0 Å². The van der Waals surface area contributed by atoms with Crippen LogP contribution in [0.1, 0.15) is 38.1 Å². The van der Waals surface area contributed by atoms with Gasteiger partial charge in [0.1, 0.15) is 0 Å². The molecule has 0 unspecified atom stereocenters. The Morgan fingerprint density at radius 3 is 2.92 bits per heavy atom. The van der Waals surface area contributed by atoms with Gasteiger partial charge in [-0.1, -0.05) is 0 Å². The van der Waals surface area contributed by atoms with Crippen LogP contribution in [0.25, 0.3) is 0 Å². The lowest BCUT2D eigenvalue weighted by atomic mass is 9.88. The molecule has 2 aliphatic heterocycles. The highest BCUT2D eigenvalue weighted by Crippen LogP contribution is 2.29. The van der Waals surface area contributed by atoms with Crippen molar-refractivity contribution in [1.82, 2.24) is 19.4 Å². The molecule has 3 rings (SSSR count). The van der Waals surface area contributed by atoms with Crippen LogP contribution in [0.15, 0.2) is 6.07 Å². The lowest BCUT2D eigenvalue weighted by Gasteiger charge is -2.38. The zero-order chi connectivity index (χ0) is 17.4. The van der Waals surface area contributed by atoms with Crippen molar-refractivity contribution in [3.63, 3.8) is 0 Å². The van der Waals surface area contributed by atoms with E-state index in [4.69, 9.17) is 4.74 Å². The number of aromatic nitrogens is 2. The summed E-state index contributed by atoms with van der Waals surface area (Å²) in [7, 11) is -3.19. The van der Waals surface area contributed by atoms with Crippen molar-refractivity contribution < 1.29 is 13.2 Å². The Labute approximate surface area is 144 Å². The van der Waals surface area contributed by atoms with E-state index >= 15 is 0 Å². The van der Waals surface area contributed by atoms with Crippen LogP contribution < -0.4 is 4.72 Å². The highest BCUT2D eigenvalue weighted by atomic mass is 32.2. The van der Waals surface area contributed by atoms with Crippen molar-refractivity contribution >= 4 is 10.0 Å². The summed E-state index contributed by atoms with van der Waals surface area (Å²) in [5.41, 5.74) is 1.94. The van der Waals surface area contributed by atoms with Crippen LogP contribution in [0.2, 0.25) is 0 Å². The predicted octanol–water partition coefficient (Wildman–Crippen LogP) is 0.953. The smallest absolute Gasteiger partial charge is 0.209 e. The highest BCUT2D eigenvalue weighted by Gasteiger charge is 2.30. The maximum atomic E-state index is 11.2. The molecule has 1 aromatic rings. The number of rotatable bonds is 5. The molecule has 0 aliphatic carbocycles. The van der Waals surface area contributed by atoms with Gasteiger partial charge in [-0.2, -0.15) is 5.10 Å². The molecule has 1 aromatic heterocycles. The molecule has 0 spiro atoms. The van der Waals surface area contributed by atoms with Crippen molar-refractivity contribution in [2.45, 2.75) is 51.9 Å². The molecule has 2 aliphatic rings. The minimum Gasteiger partial charge on any atom is -0.376 e. The van der Waals surface area contributed by atoms with Gasteiger partial charge < -0.3 is 4.74 Å². The molecule has 1 atom stereocenters.